The maximum atomic E-state index is 13.3. The van der Waals surface area contributed by atoms with Crippen LogP contribution < -0.4 is 0 Å². The van der Waals surface area contributed by atoms with E-state index in [1.807, 2.05) is 0 Å². The lowest BCUT2D eigenvalue weighted by Crippen LogP contribution is -2.68. The van der Waals surface area contributed by atoms with E-state index < -0.39 is 48.8 Å². The van der Waals surface area contributed by atoms with Crippen LogP contribution in [-0.2, 0) is 4.74 Å². The molecule has 0 radical (unpaired) electrons. The average molecular weight is 337 g/mol. The van der Waals surface area contributed by atoms with Crippen molar-refractivity contribution in [2.24, 2.45) is 4.99 Å². The lowest BCUT2D eigenvalue weighted by atomic mass is 9.96. The smallest absolute Gasteiger partial charge is 0.354 e. The Morgan fingerprint density at radius 2 is 1.43 bits per heavy atom. The molecule has 1 unspecified atom stereocenters. The van der Waals surface area contributed by atoms with Gasteiger partial charge in [0.15, 0.2) is 5.71 Å². The van der Waals surface area contributed by atoms with Gasteiger partial charge in [-0.2, -0.15) is 43.9 Å². The number of aliphatic imine (C=N–C) groups is 1. The number of nitrogens with zero attached hydrogens (tertiary/aromatic N) is 1. The summed E-state index contributed by atoms with van der Waals surface area (Å²) in [5.41, 5.74) is -3.14. The summed E-state index contributed by atoms with van der Waals surface area (Å²) >= 11 is 0. The molecule has 3 nitrogen and oxygen atoms in total. The highest BCUT2D eigenvalue weighted by Crippen LogP contribution is 2.51. The van der Waals surface area contributed by atoms with E-state index in [1.165, 1.54) is 0 Å². The van der Waals surface area contributed by atoms with Crippen LogP contribution in [0.5, 0.6) is 0 Å². The van der Waals surface area contributed by atoms with Gasteiger partial charge in [0.25, 0.3) is 0 Å². The summed E-state index contributed by atoms with van der Waals surface area (Å²) in [6.45, 7) is -2.16. The number of hydrogen-bond acceptors (Lipinski definition) is 3. The maximum absolute atomic E-state index is 13.3. The first-order chi connectivity index (χ1) is 9.09. The van der Waals surface area contributed by atoms with Gasteiger partial charge in [0.2, 0.25) is 0 Å². The van der Waals surface area contributed by atoms with Crippen LogP contribution >= 0.6 is 0 Å². The Morgan fingerprint density at radius 1 is 0.952 bits per heavy atom. The Hall–Kier alpha value is -1.11. The topological polar surface area (TPSA) is 41.8 Å². The van der Waals surface area contributed by atoms with Crippen molar-refractivity contribution in [2.45, 2.75) is 30.0 Å². The molecule has 1 rings (SSSR count). The van der Waals surface area contributed by atoms with Crippen molar-refractivity contribution in [3.8, 4) is 0 Å². The van der Waals surface area contributed by atoms with Crippen molar-refractivity contribution in [3.05, 3.63) is 0 Å². The average Bonchev–Trinajstić information content (AvgIpc) is 2.26. The second-order valence-electron chi connectivity index (χ2n) is 3.87. The molecule has 1 aliphatic rings. The van der Waals surface area contributed by atoms with E-state index in [-0.39, 0.29) is 0 Å². The highest BCUT2D eigenvalue weighted by molar-refractivity contribution is 5.99. The van der Waals surface area contributed by atoms with E-state index in [9.17, 15) is 43.9 Å². The zero-order chi connectivity index (χ0) is 16.9. The second-order valence-corrected chi connectivity index (χ2v) is 3.87. The number of aliphatic hydroxyl groups is 1. The van der Waals surface area contributed by atoms with Crippen LogP contribution in [0.3, 0.4) is 0 Å². The predicted octanol–water partition coefficient (Wildman–Crippen LogP) is 2.54. The molecule has 1 atom stereocenters. The Morgan fingerprint density at radius 3 is 1.81 bits per heavy atom. The molecule has 0 saturated heterocycles. The van der Waals surface area contributed by atoms with E-state index in [4.69, 9.17) is 5.11 Å². The summed E-state index contributed by atoms with van der Waals surface area (Å²) in [5, 5.41) is 8.97. The fourth-order valence-corrected chi connectivity index (χ4v) is 1.38. The summed E-state index contributed by atoms with van der Waals surface area (Å²) in [5.74, 6) is -18.4. The molecule has 0 aromatic rings. The van der Waals surface area contributed by atoms with Crippen LogP contribution in [0.15, 0.2) is 4.99 Å². The zero-order valence-electron chi connectivity index (χ0n) is 9.50. The largest absolute Gasteiger partial charge is 0.460 e. The summed E-state index contributed by atoms with van der Waals surface area (Å²) in [7, 11) is 0. The SMILES string of the molecule is OC1(C(F)(F)F)OCCN=C1C(F)(F)C(F)(F)C(F)(F)F. The van der Waals surface area contributed by atoms with Crippen molar-refractivity contribution >= 4 is 5.71 Å². The minimum absolute atomic E-state index is 1.06. The lowest BCUT2D eigenvalue weighted by molar-refractivity contribution is -0.359. The van der Waals surface area contributed by atoms with Crippen molar-refractivity contribution in [2.75, 3.05) is 13.2 Å². The third-order valence-electron chi connectivity index (χ3n) is 2.43. The minimum atomic E-state index is -6.89. The van der Waals surface area contributed by atoms with E-state index in [2.05, 4.69) is 9.73 Å². The molecule has 124 valence electrons. The van der Waals surface area contributed by atoms with Gasteiger partial charge in [-0.3, -0.25) is 4.99 Å². The molecular formula is C8H5F10NO2. The quantitative estimate of drug-likeness (QED) is 0.787. The second kappa shape index (κ2) is 4.69. The first-order valence-electron chi connectivity index (χ1n) is 4.90. The van der Waals surface area contributed by atoms with Crippen molar-refractivity contribution in [3.63, 3.8) is 0 Å². The van der Waals surface area contributed by atoms with Gasteiger partial charge < -0.3 is 9.84 Å². The molecule has 0 fully saturated rings. The molecular weight excluding hydrogens is 332 g/mol. The predicted molar refractivity (Wildman–Crippen MR) is 45.2 cm³/mol. The molecule has 0 spiro atoms. The fraction of sp³-hybridized carbons (Fsp3) is 0.875. The number of hydrogen-bond donors (Lipinski definition) is 1. The van der Waals surface area contributed by atoms with Crippen LogP contribution in [0.1, 0.15) is 0 Å². The highest BCUT2D eigenvalue weighted by Gasteiger charge is 2.80. The van der Waals surface area contributed by atoms with Crippen LogP contribution in [0.4, 0.5) is 43.9 Å². The molecule has 21 heavy (non-hydrogen) atoms. The molecule has 1 N–H and O–H groups in total. The number of ether oxygens (including phenoxy) is 1. The van der Waals surface area contributed by atoms with Crippen LogP contribution in [0.25, 0.3) is 0 Å². The molecule has 0 amide bonds. The number of alkyl halides is 10. The van der Waals surface area contributed by atoms with Gasteiger partial charge in [0.05, 0.1) is 13.2 Å². The van der Waals surface area contributed by atoms with E-state index in [1.54, 1.807) is 0 Å². The molecule has 1 aliphatic heterocycles. The summed E-state index contributed by atoms with van der Waals surface area (Å²) < 4.78 is 129. The standard InChI is InChI=1S/C8H5F10NO2/c9-4(10,6(11,12)8(16,17)18)3-5(20,7(13,14)15)21-2-1-19-3/h20H,1-2H2. The maximum Gasteiger partial charge on any atom is 0.460 e. The summed E-state index contributed by atoms with van der Waals surface area (Å²) in [6, 6.07) is 0. The fourth-order valence-electron chi connectivity index (χ4n) is 1.38. The Bertz CT molecular complexity index is 439. The Labute approximate surface area is 109 Å². The van der Waals surface area contributed by atoms with Crippen LogP contribution in [-0.4, -0.2) is 54.0 Å². The van der Waals surface area contributed by atoms with Gasteiger partial charge in [0, 0.05) is 0 Å². The van der Waals surface area contributed by atoms with Crippen molar-refractivity contribution < 1.29 is 53.7 Å². The van der Waals surface area contributed by atoms with Crippen molar-refractivity contribution in [1.29, 1.82) is 0 Å². The first kappa shape index (κ1) is 17.9. The van der Waals surface area contributed by atoms with Gasteiger partial charge in [0.1, 0.15) is 0 Å². The Balaban J connectivity index is 3.45. The minimum Gasteiger partial charge on any atom is -0.354 e. The van der Waals surface area contributed by atoms with Gasteiger partial charge in [-0.25, -0.2) is 0 Å². The number of halogens is 10. The van der Waals surface area contributed by atoms with E-state index in [0.717, 1.165) is 0 Å². The van der Waals surface area contributed by atoms with Gasteiger partial charge in [-0.1, -0.05) is 0 Å². The highest BCUT2D eigenvalue weighted by atomic mass is 19.4. The molecule has 13 heteroatoms. The number of rotatable bonds is 2. The third-order valence-corrected chi connectivity index (χ3v) is 2.43. The normalized spacial score (nSPS) is 25.8. The van der Waals surface area contributed by atoms with E-state index >= 15 is 0 Å². The van der Waals surface area contributed by atoms with Crippen molar-refractivity contribution in [1.82, 2.24) is 0 Å². The molecule has 1 heterocycles. The van der Waals surface area contributed by atoms with Gasteiger partial charge >= 0.3 is 30.0 Å². The lowest BCUT2D eigenvalue weighted by Gasteiger charge is -2.39. The monoisotopic (exact) mass is 337 g/mol. The molecule has 0 aromatic carbocycles. The zero-order valence-corrected chi connectivity index (χ0v) is 9.50. The summed E-state index contributed by atoms with van der Waals surface area (Å²) in [4.78, 5) is 2.29. The molecule has 0 aliphatic carbocycles. The van der Waals surface area contributed by atoms with Gasteiger partial charge in [-0.05, 0) is 0 Å². The molecule has 0 bridgehead atoms. The van der Waals surface area contributed by atoms with Crippen LogP contribution in [0.2, 0.25) is 0 Å². The summed E-state index contributed by atoms with van der Waals surface area (Å²) in [6.07, 6.45) is -13.0. The Kier molecular flexibility index (Phi) is 4.01. The molecule has 0 saturated carbocycles. The van der Waals surface area contributed by atoms with Crippen LogP contribution in [0, 0.1) is 0 Å². The first-order valence-corrected chi connectivity index (χ1v) is 4.90. The third kappa shape index (κ3) is 2.56. The van der Waals surface area contributed by atoms with Gasteiger partial charge in [-0.15, -0.1) is 0 Å². The van der Waals surface area contributed by atoms with E-state index in [0.29, 0.717) is 0 Å². The molecule has 0 aromatic heterocycles.